The Hall–Kier alpha value is -2.84. The number of rotatable bonds is 8. The maximum Gasteiger partial charge on any atom is 0.276 e. The second-order valence-corrected chi connectivity index (χ2v) is 8.45. The van der Waals surface area contributed by atoms with E-state index in [1.54, 1.807) is 32.0 Å². The van der Waals surface area contributed by atoms with Crippen molar-refractivity contribution in [3.8, 4) is 22.6 Å². The molecule has 1 N–H and O–H groups in total. The highest BCUT2D eigenvalue weighted by Gasteiger charge is 2.22. The van der Waals surface area contributed by atoms with Gasteiger partial charge < -0.3 is 18.9 Å². The molecule has 0 aliphatic carbocycles. The van der Waals surface area contributed by atoms with E-state index in [0.29, 0.717) is 5.52 Å². The zero-order valence-electron chi connectivity index (χ0n) is 19.5. The van der Waals surface area contributed by atoms with Gasteiger partial charge in [0.05, 0.1) is 26.0 Å². The highest BCUT2D eigenvalue weighted by atomic mass is 16.5. The van der Waals surface area contributed by atoms with Gasteiger partial charge in [0.25, 0.3) is 5.56 Å². The molecular weight excluding hydrogens is 406 g/mol. The van der Waals surface area contributed by atoms with Crippen LogP contribution in [0.5, 0.6) is 11.5 Å². The van der Waals surface area contributed by atoms with Crippen molar-refractivity contribution in [2.45, 2.75) is 26.3 Å². The number of aromatic amines is 1. The minimum absolute atomic E-state index is 0.102. The summed E-state index contributed by atoms with van der Waals surface area (Å²) >= 11 is 0. The molecule has 0 radical (unpaired) electrons. The Labute approximate surface area is 188 Å². The number of H-pyrrole nitrogens is 1. The molecule has 0 atom stereocenters. The fourth-order valence-corrected chi connectivity index (χ4v) is 4.45. The second kappa shape index (κ2) is 9.75. The van der Waals surface area contributed by atoms with Crippen LogP contribution in [0.4, 0.5) is 0 Å². The highest BCUT2D eigenvalue weighted by Crippen LogP contribution is 2.37. The number of benzene rings is 1. The van der Waals surface area contributed by atoms with Crippen LogP contribution < -0.4 is 15.0 Å². The molecule has 1 saturated heterocycles. The molecule has 4 rings (SSSR count). The van der Waals surface area contributed by atoms with E-state index < -0.39 is 0 Å². The molecule has 172 valence electrons. The van der Waals surface area contributed by atoms with Crippen molar-refractivity contribution in [1.82, 2.24) is 24.6 Å². The van der Waals surface area contributed by atoms with Crippen molar-refractivity contribution in [3.05, 3.63) is 40.4 Å². The Morgan fingerprint density at radius 1 is 1.06 bits per heavy atom. The van der Waals surface area contributed by atoms with Crippen LogP contribution in [0.1, 0.15) is 25.3 Å². The summed E-state index contributed by atoms with van der Waals surface area (Å²) in [6.45, 7) is 8.47. The van der Waals surface area contributed by atoms with Crippen molar-refractivity contribution in [3.63, 3.8) is 0 Å². The van der Waals surface area contributed by atoms with Gasteiger partial charge in [0.2, 0.25) is 0 Å². The van der Waals surface area contributed by atoms with Gasteiger partial charge >= 0.3 is 0 Å². The van der Waals surface area contributed by atoms with Gasteiger partial charge in [0, 0.05) is 56.9 Å². The van der Waals surface area contributed by atoms with E-state index >= 15 is 0 Å². The Balaban J connectivity index is 1.64. The number of nitrogens with zero attached hydrogens (tertiary/aromatic N) is 4. The Kier molecular flexibility index (Phi) is 6.81. The lowest BCUT2D eigenvalue weighted by molar-refractivity contribution is 0.124. The zero-order chi connectivity index (χ0) is 22.7. The van der Waals surface area contributed by atoms with Crippen LogP contribution in [-0.4, -0.2) is 71.5 Å². The van der Waals surface area contributed by atoms with Gasteiger partial charge in [0.1, 0.15) is 17.0 Å². The van der Waals surface area contributed by atoms with Crippen LogP contribution >= 0.6 is 0 Å². The van der Waals surface area contributed by atoms with E-state index in [-0.39, 0.29) is 5.56 Å². The number of hydrogen-bond acceptors (Lipinski definition) is 6. The third-order valence-electron chi connectivity index (χ3n) is 6.38. The molecule has 1 fully saturated rings. The van der Waals surface area contributed by atoms with Crippen LogP contribution in [-0.2, 0) is 13.6 Å². The second-order valence-electron chi connectivity index (χ2n) is 8.45. The molecule has 8 heteroatoms. The summed E-state index contributed by atoms with van der Waals surface area (Å²) in [6, 6.07) is 4.06. The molecule has 0 saturated carbocycles. The summed E-state index contributed by atoms with van der Waals surface area (Å²) < 4.78 is 13.2. The first kappa shape index (κ1) is 22.4. The molecule has 0 amide bonds. The molecule has 1 aliphatic heterocycles. The fourth-order valence-electron chi connectivity index (χ4n) is 4.45. The van der Waals surface area contributed by atoms with Crippen LogP contribution in [0.15, 0.2) is 29.3 Å². The van der Waals surface area contributed by atoms with E-state index in [1.807, 2.05) is 18.3 Å². The number of aryl methyl sites for hydroxylation is 1. The molecule has 3 heterocycles. The lowest BCUT2D eigenvalue weighted by atomic mass is 10.00. The van der Waals surface area contributed by atoms with E-state index in [0.717, 1.165) is 66.3 Å². The topological polar surface area (TPSA) is 75.6 Å². The normalized spacial score (nSPS) is 15.4. The number of piperazine rings is 1. The maximum atomic E-state index is 12.4. The summed E-state index contributed by atoms with van der Waals surface area (Å²) in [5.74, 6) is 1.58. The van der Waals surface area contributed by atoms with Gasteiger partial charge in [-0.1, -0.05) is 13.3 Å². The van der Waals surface area contributed by atoms with Gasteiger partial charge in [-0.05, 0) is 30.7 Å². The Morgan fingerprint density at radius 3 is 2.34 bits per heavy atom. The first-order valence-electron chi connectivity index (χ1n) is 11.3. The predicted molar refractivity (Wildman–Crippen MR) is 126 cm³/mol. The average molecular weight is 440 g/mol. The summed E-state index contributed by atoms with van der Waals surface area (Å²) in [4.78, 5) is 17.4. The summed E-state index contributed by atoms with van der Waals surface area (Å²) in [7, 11) is 5.13. The molecule has 0 bridgehead atoms. The molecule has 32 heavy (non-hydrogen) atoms. The minimum Gasteiger partial charge on any atom is -0.496 e. The summed E-state index contributed by atoms with van der Waals surface area (Å²) in [6.07, 6.45) is 6.03. The van der Waals surface area contributed by atoms with Crippen LogP contribution in [0.3, 0.4) is 0 Å². The lowest BCUT2D eigenvalue weighted by Gasteiger charge is -2.35. The monoisotopic (exact) mass is 439 g/mol. The van der Waals surface area contributed by atoms with Gasteiger partial charge in [-0.2, -0.15) is 5.10 Å². The van der Waals surface area contributed by atoms with Crippen molar-refractivity contribution in [1.29, 1.82) is 0 Å². The third kappa shape index (κ3) is 4.38. The molecule has 8 nitrogen and oxygen atoms in total. The lowest BCUT2D eigenvalue weighted by Crippen LogP contribution is -2.46. The predicted octanol–water partition coefficient (Wildman–Crippen LogP) is 2.86. The number of unbranched alkanes of at least 4 members (excludes halogenated alkanes) is 1. The van der Waals surface area contributed by atoms with Crippen LogP contribution in [0.2, 0.25) is 0 Å². The number of ether oxygens (including phenoxy) is 2. The van der Waals surface area contributed by atoms with Crippen molar-refractivity contribution >= 4 is 10.9 Å². The Morgan fingerprint density at radius 2 is 1.72 bits per heavy atom. The average Bonchev–Trinajstić information content (AvgIpc) is 3.31. The quantitative estimate of drug-likeness (QED) is 0.582. The molecule has 0 spiro atoms. The van der Waals surface area contributed by atoms with Gasteiger partial charge in [0.15, 0.2) is 0 Å². The number of methoxy groups -OCH3 is 2. The van der Waals surface area contributed by atoms with Crippen LogP contribution in [0, 0.1) is 0 Å². The molecule has 3 aromatic rings. The molecule has 0 unspecified atom stereocenters. The Bertz CT molecular complexity index is 1100. The third-order valence-corrected chi connectivity index (χ3v) is 6.38. The van der Waals surface area contributed by atoms with Crippen molar-refractivity contribution in [2.75, 3.05) is 46.9 Å². The maximum absolute atomic E-state index is 12.4. The SMILES string of the molecule is CCCCN1CCN(Cc2c(OC)cc(-c3cn(C)c(=O)c4[nH]ncc34)cc2OC)CC1. The van der Waals surface area contributed by atoms with Gasteiger partial charge in [-0.15, -0.1) is 0 Å². The standard InChI is InChI=1S/C24H33N5O3/c1-5-6-7-28-8-10-29(11-9-28)16-20-21(31-3)12-17(13-22(20)32-4)19-15-27(2)24(30)23-18(19)14-25-26-23/h12-15H,5-11,16H2,1-4H3,(H,25,26). The minimum atomic E-state index is -0.102. The molecular formula is C24H33N5O3. The zero-order valence-corrected chi connectivity index (χ0v) is 19.5. The highest BCUT2D eigenvalue weighted by molar-refractivity contribution is 5.94. The van der Waals surface area contributed by atoms with E-state index in [1.165, 1.54) is 19.4 Å². The van der Waals surface area contributed by atoms with Crippen molar-refractivity contribution < 1.29 is 9.47 Å². The van der Waals surface area contributed by atoms with Gasteiger partial charge in [-0.25, -0.2) is 0 Å². The molecule has 2 aromatic heterocycles. The number of pyridine rings is 1. The first-order valence-corrected chi connectivity index (χ1v) is 11.3. The molecule has 1 aliphatic rings. The molecule has 1 aromatic carbocycles. The number of fused-ring (bicyclic) bond motifs is 1. The number of aromatic nitrogens is 3. The van der Waals surface area contributed by atoms with Gasteiger partial charge in [-0.3, -0.25) is 14.8 Å². The summed E-state index contributed by atoms with van der Waals surface area (Å²) in [5.41, 5.74) is 3.27. The number of nitrogens with one attached hydrogen (secondary N) is 1. The largest absolute Gasteiger partial charge is 0.496 e. The summed E-state index contributed by atoms with van der Waals surface area (Å²) in [5, 5.41) is 7.69. The smallest absolute Gasteiger partial charge is 0.276 e. The van der Waals surface area contributed by atoms with E-state index in [9.17, 15) is 4.79 Å². The van der Waals surface area contributed by atoms with E-state index in [4.69, 9.17) is 9.47 Å². The fraction of sp³-hybridized carbons (Fsp3) is 0.500. The first-order chi connectivity index (χ1) is 15.5. The van der Waals surface area contributed by atoms with Crippen LogP contribution in [0.25, 0.3) is 22.0 Å². The number of hydrogen-bond donors (Lipinski definition) is 1. The van der Waals surface area contributed by atoms with Crippen molar-refractivity contribution in [2.24, 2.45) is 7.05 Å². The van der Waals surface area contributed by atoms with E-state index in [2.05, 4.69) is 26.9 Å².